The first-order chi connectivity index (χ1) is 13.1. The number of nitrogens with one attached hydrogen (secondary N) is 1. The van der Waals surface area contributed by atoms with Gasteiger partial charge in [-0.05, 0) is 11.6 Å². The van der Waals surface area contributed by atoms with Crippen molar-refractivity contribution < 1.29 is 10.2 Å². The van der Waals surface area contributed by atoms with Crippen molar-refractivity contribution >= 4 is 11.2 Å². The largest absolute Gasteiger partial charge is 0.507 e. The van der Waals surface area contributed by atoms with Crippen LogP contribution in [0.2, 0.25) is 0 Å². The zero-order valence-corrected chi connectivity index (χ0v) is 13.8. The van der Waals surface area contributed by atoms with Crippen LogP contribution in [0.25, 0.3) is 33.5 Å². The number of fused-ring (bicyclic) bond motifs is 1. The molecule has 0 amide bonds. The minimum Gasteiger partial charge on any atom is -0.507 e. The van der Waals surface area contributed by atoms with Gasteiger partial charge in [-0.1, -0.05) is 42.5 Å². The predicted molar refractivity (Wildman–Crippen MR) is 99.1 cm³/mol. The lowest BCUT2D eigenvalue weighted by Crippen LogP contribution is -2.11. The van der Waals surface area contributed by atoms with E-state index >= 15 is 0 Å². The van der Waals surface area contributed by atoms with E-state index in [0.717, 1.165) is 11.1 Å². The van der Waals surface area contributed by atoms with Crippen LogP contribution in [-0.4, -0.2) is 25.2 Å². The Morgan fingerprint density at radius 1 is 1.00 bits per heavy atom. The first-order valence-corrected chi connectivity index (χ1v) is 7.99. The number of pyridine rings is 1. The summed E-state index contributed by atoms with van der Waals surface area (Å²) in [5.41, 5.74) is 1.79. The fourth-order valence-electron chi connectivity index (χ4n) is 2.82. The molecule has 7 nitrogen and oxygen atoms in total. The maximum atomic E-state index is 11.7. The molecule has 0 saturated carbocycles. The van der Waals surface area contributed by atoms with E-state index in [1.165, 1.54) is 6.20 Å². The molecule has 0 unspecified atom stereocenters. The second-order valence-electron chi connectivity index (χ2n) is 5.84. The molecule has 7 heteroatoms. The van der Waals surface area contributed by atoms with Crippen molar-refractivity contribution in [3.05, 3.63) is 70.6 Å². The van der Waals surface area contributed by atoms with Crippen molar-refractivity contribution in [2.45, 2.75) is 0 Å². The van der Waals surface area contributed by atoms with E-state index in [2.05, 4.69) is 15.0 Å². The molecule has 2 heterocycles. The molecule has 4 rings (SSSR count). The highest BCUT2D eigenvalue weighted by Gasteiger charge is 2.14. The van der Waals surface area contributed by atoms with Crippen LogP contribution in [-0.2, 0) is 0 Å². The lowest BCUT2D eigenvalue weighted by molar-refractivity contribution is 0.476. The molecule has 0 aliphatic heterocycles. The summed E-state index contributed by atoms with van der Waals surface area (Å²) < 4.78 is 0. The van der Waals surface area contributed by atoms with Crippen LogP contribution in [0.15, 0.2) is 59.5 Å². The van der Waals surface area contributed by atoms with E-state index in [4.69, 9.17) is 5.26 Å². The maximum absolute atomic E-state index is 11.7. The minimum absolute atomic E-state index is 0.0495. The van der Waals surface area contributed by atoms with E-state index in [9.17, 15) is 15.0 Å². The van der Waals surface area contributed by atoms with Gasteiger partial charge in [0.25, 0.3) is 5.56 Å². The van der Waals surface area contributed by atoms with Gasteiger partial charge in [-0.15, -0.1) is 0 Å². The molecule has 4 aromatic rings. The van der Waals surface area contributed by atoms with E-state index < -0.39 is 16.9 Å². The number of hydrogen-bond donors (Lipinski definition) is 3. The van der Waals surface area contributed by atoms with Gasteiger partial charge in [0.2, 0.25) is 0 Å². The third kappa shape index (κ3) is 2.75. The number of H-pyrrole nitrogens is 1. The van der Waals surface area contributed by atoms with Gasteiger partial charge >= 0.3 is 0 Å². The molecule has 27 heavy (non-hydrogen) atoms. The summed E-state index contributed by atoms with van der Waals surface area (Å²) in [5.74, 6) is -0.301. The third-order valence-electron chi connectivity index (χ3n) is 4.20. The molecule has 0 bridgehead atoms. The molecule has 0 aliphatic rings. The van der Waals surface area contributed by atoms with Crippen LogP contribution in [0, 0.1) is 11.3 Å². The van der Waals surface area contributed by atoms with Gasteiger partial charge in [0, 0.05) is 11.1 Å². The molecular formula is C20H12N4O3. The number of rotatable bonds is 2. The average Bonchev–Trinajstić information content (AvgIpc) is 2.69. The SMILES string of the molecule is N#Cc1c(O)c2nc(-c3ccc(-c4ccccc4O)cc3)cnc2[nH]c1=O. The molecule has 2 aromatic carbocycles. The lowest BCUT2D eigenvalue weighted by atomic mass is 10.0. The number of nitrogens with zero attached hydrogens (tertiary/aromatic N) is 3. The fourth-order valence-corrected chi connectivity index (χ4v) is 2.82. The van der Waals surface area contributed by atoms with Crippen molar-refractivity contribution in [1.29, 1.82) is 5.26 Å². The monoisotopic (exact) mass is 356 g/mol. The zero-order valence-electron chi connectivity index (χ0n) is 13.8. The Bertz CT molecular complexity index is 1270. The van der Waals surface area contributed by atoms with Gasteiger partial charge in [0.1, 0.15) is 17.3 Å². The summed E-state index contributed by atoms with van der Waals surface area (Å²) in [5, 5.41) is 29.1. The third-order valence-corrected chi connectivity index (χ3v) is 4.20. The molecule has 2 aromatic heterocycles. The highest BCUT2D eigenvalue weighted by molar-refractivity contribution is 5.82. The van der Waals surface area contributed by atoms with Crippen LogP contribution < -0.4 is 5.56 Å². The number of aromatic amines is 1. The van der Waals surface area contributed by atoms with Crippen LogP contribution in [0.1, 0.15) is 5.56 Å². The van der Waals surface area contributed by atoms with Gasteiger partial charge < -0.3 is 15.2 Å². The Labute approximate surface area is 152 Å². The number of phenols is 1. The Balaban J connectivity index is 1.80. The van der Waals surface area contributed by atoms with Crippen molar-refractivity contribution in [2.75, 3.05) is 0 Å². The van der Waals surface area contributed by atoms with Crippen LogP contribution in [0.5, 0.6) is 11.5 Å². The van der Waals surface area contributed by atoms with Gasteiger partial charge in [0.05, 0.1) is 11.9 Å². The Morgan fingerprint density at radius 3 is 2.41 bits per heavy atom. The normalized spacial score (nSPS) is 10.6. The standard InChI is InChI=1S/C20H12N4O3/c21-9-14-18(26)17-19(24-20(14)27)22-10-15(23-17)12-7-5-11(6-8-12)13-3-1-2-4-16(13)25/h1-8,10,25H,(H2,22,24,26,27). The van der Waals surface area contributed by atoms with Crippen molar-refractivity contribution in [1.82, 2.24) is 15.0 Å². The van der Waals surface area contributed by atoms with Gasteiger partial charge in [0.15, 0.2) is 17.0 Å². The topological polar surface area (TPSA) is 123 Å². The highest BCUT2D eigenvalue weighted by atomic mass is 16.3. The lowest BCUT2D eigenvalue weighted by Gasteiger charge is -2.07. The Kier molecular flexibility index (Phi) is 3.79. The van der Waals surface area contributed by atoms with E-state index in [0.29, 0.717) is 11.3 Å². The second kappa shape index (κ2) is 6.28. The smallest absolute Gasteiger partial charge is 0.271 e. The van der Waals surface area contributed by atoms with E-state index in [1.54, 1.807) is 18.2 Å². The van der Waals surface area contributed by atoms with Crippen LogP contribution >= 0.6 is 0 Å². The molecule has 0 radical (unpaired) electrons. The highest BCUT2D eigenvalue weighted by Crippen LogP contribution is 2.31. The van der Waals surface area contributed by atoms with Crippen molar-refractivity contribution in [3.8, 4) is 40.0 Å². The Morgan fingerprint density at radius 2 is 1.70 bits per heavy atom. The minimum atomic E-state index is -0.712. The van der Waals surface area contributed by atoms with E-state index in [1.807, 2.05) is 36.4 Å². The molecule has 0 atom stereocenters. The predicted octanol–water partition coefficient (Wildman–Crippen LogP) is 2.93. The zero-order chi connectivity index (χ0) is 19.0. The number of benzene rings is 2. The fraction of sp³-hybridized carbons (Fsp3) is 0. The van der Waals surface area contributed by atoms with Crippen molar-refractivity contribution in [2.24, 2.45) is 0 Å². The number of para-hydroxylation sites is 1. The molecule has 0 saturated heterocycles. The van der Waals surface area contributed by atoms with Gasteiger partial charge in [-0.25, -0.2) is 9.97 Å². The molecule has 0 aliphatic carbocycles. The molecule has 0 fully saturated rings. The quantitative estimate of drug-likeness (QED) is 0.507. The first kappa shape index (κ1) is 16.3. The number of phenolic OH excluding ortho intramolecular Hbond substituents is 1. The second-order valence-corrected chi connectivity index (χ2v) is 5.84. The van der Waals surface area contributed by atoms with Crippen molar-refractivity contribution in [3.63, 3.8) is 0 Å². The first-order valence-electron chi connectivity index (χ1n) is 7.99. The number of aromatic hydroxyl groups is 2. The van der Waals surface area contributed by atoms with Gasteiger partial charge in [-0.3, -0.25) is 4.79 Å². The van der Waals surface area contributed by atoms with Gasteiger partial charge in [-0.2, -0.15) is 5.26 Å². The molecular weight excluding hydrogens is 344 g/mol. The van der Waals surface area contributed by atoms with E-state index in [-0.39, 0.29) is 16.9 Å². The number of nitriles is 1. The summed E-state index contributed by atoms with van der Waals surface area (Å²) in [4.78, 5) is 22.6. The maximum Gasteiger partial charge on any atom is 0.271 e. The summed E-state index contributed by atoms with van der Waals surface area (Å²) in [6.07, 6.45) is 1.47. The Hall–Kier alpha value is -4.18. The summed E-state index contributed by atoms with van der Waals surface area (Å²) in [6.45, 7) is 0. The summed E-state index contributed by atoms with van der Waals surface area (Å²) in [6, 6.07) is 16.0. The summed E-state index contributed by atoms with van der Waals surface area (Å²) in [7, 11) is 0. The number of aromatic nitrogens is 3. The molecule has 3 N–H and O–H groups in total. The summed E-state index contributed by atoms with van der Waals surface area (Å²) >= 11 is 0. The molecule has 0 spiro atoms. The van der Waals surface area contributed by atoms with Crippen LogP contribution in [0.4, 0.5) is 0 Å². The average molecular weight is 356 g/mol. The van der Waals surface area contributed by atoms with Crippen LogP contribution in [0.3, 0.4) is 0 Å². The molecule has 130 valence electrons. The number of hydrogen-bond acceptors (Lipinski definition) is 6.